The summed E-state index contributed by atoms with van der Waals surface area (Å²) in [4.78, 5) is 13.3. The minimum atomic E-state index is -0.546. The van der Waals surface area contributed by atoms with Crippen LogP contribution in [0.5, 0.6) is 0 Å². The lowest BCUT2D eigenvalue weighted by atomic mass is 10.1. The first-order chi connectivity index (χ1) is 6.71. The Balaban J connectivity index is 4.43. The lowest BCUT2D eigenvalue weighted by molar-refractivity contribution is -0.133. The molecular formula is C11H16N2O. The zero-order chi connectivity index (χ0) is 11.0. The molecule has 0 aromatic heterocycles. The molecule has 0 rings (SSSR count). The molecule has 0 aromatic rings. The molecular weight excluding hydrogens is 176 g/mol. The largest absolute Gasteiger partial charge is 0.330 e. The predicted molar refractivity (Wildman–Crippen MR) is 55.1 cm³/mol. The van der Waals surface area contributed by atoms with Gasteiger partial charge in [-0.05, 0) is 12.8 Å². The van der Waals surface area contributed by atoms with Crippen LogP contribution in [-0.2, 0) is 4.79 Å². The van der Waals surface area contributed by atoms with Crippen LogP contribution in [0, 0.1) is 29.6 Å². The number of rotatable bonds is 5. The average molecular weight is 192 g/mol. The summed E-state index contributed by atoms with van der Waals surface area (Å²) in [5.41, 5.74) is 0. The van der Waals surface area contributed by atoms with Gasteiger partial charge in [0.15, 0.2) is 0 Å². The molecule has 3 heteroatoms. The normalized spacial score (nSPS) is 11.1. The summed E-state index contributed by atoms with van der Waals surface area (Å²) in [5.74, 6) is 1.74. The number of terminal acetylenes is 1. The number of carbonyl (C=O) groups is 1. The highest BCUT2D eigenvalue weighted by Gasteiger charge is 2.20. The first-order valence-corrected chi connectivity index (χ1v) is 4.83. The topological polar surface area (TPSA) is 44.1 Å². The van der Waals surface area contributed by atoms with Gasteiger partial charge in [0.25, 0.3) is 0 Å². The summed E-state index contributed by atoms with van der Waals surface area (Å²) < 4.78 is 0. The van der Waals surface area contributed by atoms with Crippen molar-refractivity contribution >= 4 is 5.91 Å². The van der Waals surface area contributed by atoms with Gasteiger partial charge in [0.05, 0.1) is 12.6 Å². The van der Waals surface area contributed by atoms with Crippen molar-refractivity contribution in [2.45, 2.75) is 26.7 Å². The van der Waals surface area contributed by atoms with Crippen LogP contribution in [0.2, 0.25) is 0 Å². The summed E-state index contributed by atoms with van der Waals surface area (Å²) >= 11 is 0. The van der Waals surface area contributed by atoms with Crippen molar-refractivity contribution in [2.24, 2.45) is 5.92 Å². The second kappa shape index (κ2) is 6.97. The van der Waals surface area contributed by atoms with Crippen molar-refractivity contribution in [2.75, 3.05) is 13.1 Å². The number of hydrogen-bond acceptors (Lipinski definition) is 2. The van der Waals surface area contributed by atoms with Crippen molar-refractivity contribution < 1.29 is 4.79 Å². The van der Waals surface area contributed by atoms with Gasteiger partial charge in [-0.2, -0.15) is 5.26 Å². The van der Waals surface area contributed by atoms with E-state index in [4.69, 9.17) is 11.7 Å². The molecule has 0 aromatic carbocycles. The second-order valence-electron chi connectivity index (χ2n) is 3.05. The van der Waals surface area contributed by atoms with Gasteiger partial charge in [-0.25, -0.2) is 0 Å². The number of hydrogen-bond donors (Lipinski definition) is 0. The first kappa shape index (κ1) is 12.5. The summed E-state index contributed by atoms with van der Waals surface area (Å²) in [6.45, 7) is 4.72. The summed E-state index contributed by atoms with van der Waals surface area (Å²) in [5, 5.41) is 8.73. The van der Waals surface area contributed by atoms with E-state index in [0.29, 0.717) is 19.5 Å². The average Bonchev–Trinajstić information content (AvgIpc) is 2.19. The van der Waals surface area contributed by atoms with Gasteiger partial charge < -0.3 is 4.90 Å². The number of nitriles is 1. The Hall–Kier alpha value is -1.48. The van der Waals surface area contributed by atoms with Crippen molar-refractivity contribution in [3.63, 3.8) is 0 Å². The molecule has 1 amide bonds. The van der Waals surface area contributed by atoms with Crippen LogP contribution in [0.15, 0.2) is 0 Å². The highest BCUT2D eigenvalue weighted by molar-refractivity contribution is 5.81. The highest BCUT2D eigenvalue weighted by atomic mass is 16.2. The molecule has 1 unspecified atom stereocenters. The molecule has 0 bridgehead atoms. The fraction of sp³-hybridized carbons (Fsp3) is 0.636. The van der Waals surface area contributed by atoms with Gasteiger partial charge in [0.2, 0.25) is 5.91 Å². The molecule has 0 saturated heterocycles. The first-order valence-electron chi connectivity index (χ1n) is 4.83. The van der Waals surface area contributed by atoms with Crippen molar-refractivity contribution in [3.8, 4) is 18.4 Å². The van der Waals surface area contributed by atoms with E-state index < -0.39 is 5.92 Å². The SMILES string of the molecule is C#CCN(CCC)C(=O)C(C#N)CC. The third-order valence-corrected chi connectivity index (χ3v) is 1.95. The van der Waals surface area contributed by atoms with Gasteiger partial charge in [0, 0.05) is 6.54 Å². The van der Waals surface area contributed by atoms with E-state index in [1.807, 2.05) is 19.9 Å². The van der Waals surface area contributed by atoms with E-state index in [0.717, 1.165) is 6.42 Å². The van der Waals surface area contributed by atoms with Crippen molar-refractivity contribution in [1.29, 1.82) is 5.26 Å². The Labute approximate surface area is 85.7 Å². The summed E-state index contributed by atoms with van der Waals surface area (Å²) in [6, 6.07) is 1.99. The minimum absolute atomic E-state index is 0.144. The molecule has 0 N–H and O–H groups in total. The van der Waals surface area contributed by atoms with Crippen LogP contribution in [0.1, 0.15) is 26.7 Å². The standard InChI is InChI=1S/C11H16N2O/c1-4-7-13(8-5-2)11(14)10(6-3)9-12/h1,10H,5-8H2,2-3H3. The molecule has 0 aliphatic rings. The Kier molecular flexibility index (Phi) is 6.24. The van der Waals surface area contributed by atoms with Crippen LogP contribution in [0.3, 0.4) is 0 Å². The van der Waals surface area contributed by atoms with Gasteiger partial charge in [0.1, 0.15) is 5.92 Å². The Bertz CT molecular complexity index is 259. The summed E-state index contributed by atoms with van der Waals surface area (Å²) in [7, 11) is 0. The van der Waals surface area contributed by atoms with Crippen LogP contribution < -0.4 is 0 Å². The fourth-order valence-electron chi connectivity index (χ4n) is 1.19. The van der Waals surface area contributed by atoms with Crippen molar-refractivity contribution in [1.82, 2.24) is 4.90 Å². The fourth-order valence-corrected chi connectivity index (χ4v) is 1.19. The minimum Gasteiger partial charge on any atom is -0.330 e. The second-order valence-corrected chi connectivity index (χ2v) is 3.05. The van der Waals surface area contributed by atoms with Gasteiger partial charge in [-0.3, -0.25) is 4.79 Å². The molecule has 3 nitrogen and oxygen atoms in total. The zero-order valence-electron chi connectivity index (χ0n) is 8.79. The Morgan fingerprint density at radius 2 is 2.21 bits per heavy atom. The summed E-state index contributed by atoms with van der Waals surface area (Å²) in [6.07, 6.45) is 6.55. The quantitative estimate of drug-likeness (QED) is 0.618. The van der Waals surface area contributed by atoms with Gasteiger partial charge in [-0.1, -0.05) is 19.8 Å². The monoisotopic (exact) mass is 192 g/mol. The van der Waals surface area contributed by atoms with Crippen LogP contribution >= 0.6 is 0 Å². The van der Waals surface area contributed by atoms with Gasteiger partial charge >= 0.3 is 0 Å². The van der Waals surface area contributed by atoms with Crippen LogP contribution in [0.4, 0.5) is 0 Å². The lowest BCUT2D eigenvalue weighted by Gasteiger charge is -2.21. The maximum absolute atomic E-state index is 11.7. The third-order valence-electron chi connectivity index (χ3n) is 1.95. The molecule has 0 spiro atoms. The smallest absolute Gasteiger partial charge is 0.240 e. The third kappa shape index (κ3) is 3.49. The molecule has 1 atom stereocenters. The molecule has 0 heterocycles. The van der Waals surface area contributed by atoms with E-state index in [1.165, 1.54) is 0 Å². The Morgan fingerprint density at radius 1 is 1.57 bits per heavy atom. The van der Waals surface area contributed by atoms with E-state index in [-0.39, 0.29) is 5.91 Å². The molecule has 76 valence electrons. The molecule has 0 radical (unpaired) electrons. The van der Waals surface area contributed by atoms with Crippen LogP contribution in [0.25, 0.3) is 0 Å². The van der Waals surface area contributed by atoms with Crippen LogP contribution in [-0.4, -0.2) is 23.9 Å². The zero-order valence-corrected chi connectivity index (χ0v) is 8.79. The van der Waals surface area contributed by atoms with Gasteiger partial charge in [-0.15, -0.1) is 6.42 Å². The molecule has 0 fully saturated rings. The van der Waals surface area contributed by atoms with E-state index >= 15 is 0 Å². The van der Waals surface area contributed by atoms with Crippen molar-refractivity contribution in [3.05, 3.63) is 0 Å². The lowest BCUT2D eigenvalue weighted by Crippen LogP contribution is -2.36. The molecule has 14 heavy (non-hydrogen) atoms. The highest BCUT2D eigenvalue weighted by Crippen LogP contribution is 2.06. The number of nitrogens with zero attached hydrogens (tertiary/aromatic N) is 2. The number of carbonyl (C=O) groups excluding carboxylic acids is 1. The van der Waals surface area contributed by atoms with E-state index in [9.17, 15) is 4.79 Å². The predicted octanol–water partition coefficient (Wildman–Crippen LogP) is 1.41. The maximum Gasteiger partial charge on any atom is 0.240 e. The van der Waals surface area contributed by atoms with E-state index in [2.05, 4.69) is 5.92 Å². The molecule has 0 saturated carbocycles. The maximum atomic E-state index is 11.7. The Morgan fingerprint density at radius 3 is 2.57 bits per heavy atom. The molecule has 0 aliphatic heterocycles. The van der Waals surface area contributed by atoms with E-state index in [1.54, 1.807) is 4.90 Å². The number of amides is 1. The molecule has 0 aliphatic carbocycles.